The van der Waals surface area contributed by atoms with Gasteiger partial charge in [0.15, 0.2) is 5.76 Å². The van der Waals surface area contributed by atoms with Gasteiger partial charge in [-0.3, -0.25) is 4.79 Å². The first-order valence-corrected chi connectivity index (χ1v) is 9.66. The Balaban J connectivity index is 1.58. The van der Waals surface area contributed by atoms with Crippen LogP contribution in [0.2, 0.25) is 0 Å². The fraction of sp³-hybridized carbons (Fsp3) is 0.364. The third-order valence-corrected chi connectivity index (χ3v) is 5.14. The minimum absolute atomic E-state index is 0.0576. The molecule has 3 heterocycles. The molecule has 1 aliphatic heterocycles. The van der Waals surface area contributed by atoms with E-state index in [4.69, 9.17) is 4.42 Å². The molecule has 140 valence electrons. The number of benzene rings is 1. The average Bonchev–Trinajstić information content (AvgIpc) is 3.23. The van der Waals surface area contributed by atoms with Gasteiger partial charge in [0.25, 0.3) is 5.91 Å². The van der Waals surface area contributed by atoms with Gasteiger partial charge >= 0.3 is 0 Å². The van der Waals surface area contributed by atoms with Crippen LogP contribution >= 0.6 is 0 Å². The van der Waals surface area contributed by atoms with Crippen LogP contribution in [0, 0.1) is 6.92 Å². The predicted octanol–water partition coefficient (Wildman–Crippen LogP) is 4.02. The molecule has 5 nitrogen and oxygen atoms in total. The van der Waals surface area contributed by atoms with Crippen molar-refractivity contribution in [2.45, 2.75) is 26.2 Å². The van der Waals surface area contributed by atoms with E-state index in [1.54, 1.807) is 6.26 Å². The highest BCUT2D eigenvalue weighted by atomic mass is 16.3. The quantitative estimate of drug-likeness (QED) is 0.744. The second-order valence-corrected chi connectivity index (χ2v) is 7.21. The maximum atomic E-state index is 12.9. The molecule has 0 spiro atoms. The molecule has 27 heavy (non-hydrogen) atoms. The fourth-order valence-corrected chi connectivity index (χ4v) is 3.68. The fourth-order valence-electron chi connectivity index (χ4n) is 3.68. The number of aromatic nitrogens is 1. The molecule has 1 aliphatic rings. The van der Waals surface area contributed by atoms with Gasteiger partial charge in [-0.05, 0) is 63.2 Å². The van der Waals surface area contributed by atoms with Gasteiger partial charge in [0.05, 0.1) is 17.3 Å². The summed E-state index contributed by atoms with van der Waals surface area (Å²) in [6.07, 6.45) is 5.46. The van der Waals surface area contributed by atoms with E-state index in [0.717, 1.165) is 36.1 Å². The smallest absolute Gasteiger partial charge is 0.252 e. The van der Waals surface area contributed by atoms with Crippen LogP contribution in [-0.4, -0.2) is 42.0 Å². The minimum Gasteiger partial charge on any atom is -0.463 e. The Labute approximate surface area is 159 Å². The van der Waals surface area contributed by atoms with Crippen molar-refractivity contribution in [3.05, 3.63) is 53.8 Å². The lowest BCUT2D eigenvalue weighted by atomic mass is 10.0. The normalized spacial score (nSPS) is 15.1. The second-order valence-electron chi connectivity index (χ2n) is 7.21. The number of fused-ring (bicyclic) bond motifs is 1. The SMILES string of the molecule is Cc1ccc2nc(-c3ccco3)cc(C(=O)NCCN3CCCCC3)c2c1. The molecule has 0 bridgehead atoms. The molecule has 1 fully saturated rings. The molecule has 1 amide bonds. The number of furan rings is 1. The van der Waals surface area contributed by atoms with Gasteiger partial charge < -0.3 is 14.6 Å². The summed E-state index contributed by atoms with van der Waals surface area (Å²) in [4.78, 5) is 20.0. The molecule has 0 saturated carbocycles. The Bertz CT molecular complexity index is 928. The number of aryl methyl sites for hydroxylation is 1. The van der Waals surface area contributed by atoms with Crippen LogP contribution in [0.3, 0.4) is 0 Å². The number of nitrogens with zero attached hydrogens (tertiary/aromatic N) is 2. The van der Waals surface area contributed by atoms with Gasteiger partial charge in [0.2, 0.25) is 0 Å². The van der Waals surface area contributed by atoms with E-state index in [9.17, 15) is 4.79 Å². The summed E-state index contributed by atoms with van der Waals surface area (Å²) in [7, 11) is 0. The summed E-state index contributed by atoms with van der Waals surface area (Å²) in [6.45, 7) is 5.85. The van der Waals surface area contributed by atoms with Crippen LogP contribution in [0.1, 0.15) is 35.2 Å². The van der Waals surface area contributed by atoms with E-state index in [1.165, 1.54) is 19.3 Å². The second kappa shape index (κ2) is 7.92. The van der Waals surface area contributed by atoms with Crippen molar-refractivity contribution in [2.75, 3.05) is 26.2 Å². The molecule has 0 radical (unpaired) electrons. The standard InChI is InChI=1S/C22H25N3O2/c1-16-7-8-19-17(14-16)18(15-20(24-19)21-6-5-13-27-21)22(26)23-9-12-25-10-3-2-4-11-25/h5-8,13-15H,2-4,9-12H2,1H3,(H,23,26). The van der Waals surface area contributed by atoms with E-state index in [2.05, 4.69) is 15.2 Å². The summed E-state index contributed by atoms with van der Waals surface area (Å²) in [5.41, 5.74) is 3.24. The lowest BCUT2D eigenvalue weighted by molar-refractivity contribution is 0.0948. The van der Waals surface area contributed by atoms with E-state index < -0.39 is 0 Å². The zero-order chi connectivity index (χ0) is 18.6. The van der Waals surface area contributed by atoms with E-state index >= 15 is 0 Å². The molecule has 1 saturated heterocycles. The number of piperidine rings is 1. The van der Waals surface area contributed by atoms with Crippen molar-refractivity contribution in [3.8, 4) is 11.5 Å². The summed E-state index contributed by atoms with van der Waals surface area (Å²) >= 11 is 0. The average molecular weight is 363 g/mol. The van der Waals surface area contributed by atoms with Gasteiger partial charge in [-0.2, -0.15) is 0 Å². The van der Waals surface area contributed by atoms with Gasteiger partial charge in [0.1, 0.15) is 5.69 Å². The third kappa shape index (κ3) is 4.03. The summed E-state index contributed by atoms with van der Waals surface area (Å²) in [5, 5.41) is 3.97. The molecular weight excluding hydrogens is 338 g/mol. The lowest BCUT2D eigenvalue weighted by Gasteiger charge is -2.26. The molecule has 3 aromatic rings. The number of carbonyl (C=O) groups excluding carboxylic acids is 1. The zero-order valence-corrected chi connectivity index (χ0v) is 15.7. The third-order valence-electron chi connectivity index (χ3n) is 5.14. The van der Waals surface area contributed by atoms with Crippen LogP contribution in [-0.2, 0) is 0 Å². The zero-order valence-electron chi connectivity index (χ0n) is 15.7. The maximum Gasteiger partial charge on any atom is 0.252 e. The van der Waals surface area contributed by atoms with Crippen molar-refractivity contribution in [2.24, 2.45) is 0 Å². The number of hydrogen-bond acceptors (Lipinski definition) is 4. The van der Waals surface area contributed by atoms with Crippen LogP contribution in [0.5, 0.6) is 0 Å². The highest BCUT2D eigenvalue weighted by Gasteiger charge is 2.16. The van der Waals surface area contributed by atoms with Gasteiger partial charge in [-0.1, -0.05) is 18.1 Å². The number of likely N-dealkylation sites (tertiary alicyclic amines) is 1. The molecule has 1 aromatic carbocycles. The minimum atomic E-state index is -0.0576. The Hall–Kier alpha value is -2.66. The molecule has 2 aromatic heterocycles. The molecule has 1 N–H and O–H groups in total. The van der Waals surface area contributed by atoms with Crippen LogP contribution < -0.4 is 5.32 Å². The Morgan fingerprint density at radius 3 is 2.81 bits per heavy atom. The van der Waals surface area contributed by atoms with Crippen molar-refractivity contribution in [1.29, 1.82) is 0 Å². The van der Waals surface area contributed by atoms with Gasteiger partial charge in [-0.25, -0.2) is 4.98 Å². The van der Waals surface area contributed by atoms with Crippen molar-refractivity contribution < 1.29 is 9.21 Å². The molecule has 0 unspecified atom stereocenters. The summed E-state index contributed by atoms with van der Waals surface area (Å²) in [5.74, 6) is 0.609. The van der Waals surface area contributed by atoms with Crippen molar-refractivity contribution in [1.82, 2.24) is 15.2 Å². The first kappa shape index (κ1) is 17.7. The number of pyridine rings is 1. The number of nitrogens with one attached hydrogen (secondary N) is 1. The number of rotatable bonds is 5. The molecule has 0 atom stereocenters. The Kier molecular flexibility index (Phi) is 5.21. The highest BCUT2D eigenvalue weighted by molar-refractivity contribution is 6.07. The maximum absolute atomic E-state index is 12.9. The largest absolute Gasteiger partial charge is 0.463 e. The van der Waals surface area contributed by atoms with E-state index in [1.807, 2.05) is 43.3 Å². The first-order valence-electron chi connectivity index (χ1n) is 9.66. The van der Waals surface area contributed by atoms with Crippen molar-refractivity contribution in [3.63, 3.8) is 0 Å². The lowest BCUT2D eigenvalue weighted by Crippen LogP contribution is -2.37. The molecule has 5 heteroatoms. The molecular formula is C22H25N3O2. The van der Waals surface area contributed by atoms with Crippen LogP contribution in [0.25, 0.3) is 22.4 Å². The topological polar surface area (TPSA) is 58.4 Å². The van der Waals surface area contributed by atoms with Crippen LogP contribution in [0.4, 0.5) is 0 Å². The van der Waals surface area contributed by atoms with Crippen LogP contribution in [0.15, 0.2) is 47.1 Å². The highest BCUT2D eigenvalue weighted by Crippen LogP contribution is 2.26. The number of hydrogen-bond donors (Lipinski definition) is 1. The summed E-state index contributed by atoms with van der Waals surface area (Å²) < 4.78 is 5.49. The van der Waals surface area contributed by atoms with Gasteiger partial charge in [0, 0.05) is 18.5 Å². The summed E-state index contributed by atoms with van der Waals surface area (Å²) in [6, 6.07) is 11.5. The Morgan fingerprint density at radius 2 is 2.04 bits per heavy atom. The number of carbonyl (C=O) groups is 1. The van der Waals surface area contributed by atoms with Gasteiger partial charge in [-0.15, -0.1) is 0 Å². The Morgan fingerprint density at radius 1 is 1.19 bits per heavy atom. The first-order chi connectivity index (χ1) is 13.2. The van der Waals surface area contributed by atoms with E-state index in [-0.39, 0.29) is 5.91 Å². The molecule has 0 aliphatic carbocycles. The predicted molar refractivity (Wildman–Crippen MR) is 107 cm³/mol. The monoisotopic (exact) mass is 363 g/mol. The number of amides is 1. The van der Waals surface area contributed by atoms with E-state index in [0.29, 0.717) is 23.6 Å². The van der Waals surface area contributed by atoms with Crippen molar-refractivity contribution >= 4 is 16.8 Å². The molecule has 4 rings (SSSR count).